The molecule has 2 N–H and O–H groups in total. The van der Waals surface area contributed by atoms with Crippen molar-refractivity contribution in [3.8, 4) is 0 Å². The molecule has 0 amide bonds. The van der Waals surface area contributed by atoms with Crippen LogP contribution < -0.4 is 0 Å². The van der Waals surface area contributed by atoms with Gasteiger partial charge in [-0.2, -0.15) is 4.31 Å². The first kappa shape index (κ1) is 45.0. The van der Waals surface area contributed by atoms with Gasteiger partial charge in [0.15, 0.2) is 11.6 Å². The average Bonchev–Trinajstić information content (AvgIpc) is 2.94. The number of carbonyl (C=O) groups excluding carboxylic acids is 2. The zero-order chi connectivity index (χ0) is 35.9. The van der Waals surface area contributed by atoms with Crippen LogP contribution in [-0.2, 0) is 32.1 Å². The summed E-state index contributed by atoms with van der Waals surface area (Å²) < 4.78 is 38.3. The summed E-state index contributed by atoms with van der Waals surface area (Å²) in [7, 11) is -10.2. The molecule has 11 heteroatoms. The molecule has 268 valence electrons. The molecular weight excluding hydrogens is 638 g/mol. The maximum atomic E-state index is 12.8. The van der Waals surface area contributed by atoms with E-state index < -0.39 is 40.4 Å². The summed E-state index contributed by atoms with van der Waals surface area (Å²) >= 11 is 0. The van der Waals surface area contributed by atoms with E-state index in [9.17, 15) is 28.5 Å². The molecule has 0 aromatic heterocycles. The van der Waals surface area contributed by atoms with E-state index in [1.54, 1.807) is 0 Å². The van der Waals surface area contributed by atoms with Crippen molar-refractivity contribution in [3.63, 3.8) is 0 Å². The zero-order valence-corrected chi connectivity index (χ0v) is 31.8. The van der Waals surface area contributed by atoms with Gasteiger partial charge in [0.05, 0.1) is 0 Å². The molecule has 0 bridgehead atoms. The normalized spacial score (nSPS) is 14.5. The molecule has 0 saturated heterocycles. The Labute approximate surface area is 284 Å². The van der Waals surface area contributed by atoms with Gasteiger partial charge in [0.2, 0.25) is 0 Å². The summed E-state index contributed by atoms with van der Waals surface area (Å²) in [5.74, 6) is -0.904. The fraction of sp³-hybridized carbons (Fsp3) is 0.611. The second-order valence-electron chi connectivity index (χ2n) is 12.6. The van der Waals surface area contributed by atoms with Crippen molar-refractivity contribution in [1.82, 2.24) is 0 Å². The third kappa shape index (κ3) is 28.7. The summed E-state index contributed by atoms with van der Waals surface area (Å²) in [6.07, 6.45) is 21.5. The Morgan fingerprint density at radius 2 is 0.766 bits per heavy atom. The van der Waals surface area contributed by atoms with Crippen LogP contribution in [-0.4, -0.2) is 34.6 Å². The van der Waals surface area contributed by atoms with E-state index in [0.717, 1.165) is 62.5 Å². The van der Waals surface area contributed by atoms with Crippen molar-refractivity contribution in [2.75, 3.05) is 13.2 Å². The van der Waals surface area contributed by atoms with Crippen LogP contribution in [0.2, 0.25) is 0 Å². The Bertz CT molecular complexity index is 1170. The van der Waals surface area contributed by atoms with Gasteiger partial charge in [0, 0.05) is 12.8 Å². The largest absolute Gasteiger partial charge is 0.484 e. The topological polar surface area (TPSA) is 136 Å². The second-order valence-corrected chi connectivity index (χ2v) is 15.7. The number of phosphoric ester groups is 1. The lowest BCUT2D eigenvalue weighted by molar-refractivity contribution is -0.122. The predicted molar refractivity (Wildman–Crippen MR) is 192 cm³/mol. The molecule has 0 fully saturated rings. The van der Waals surface area contributed by atoms with Crippen molar-refractivity contribution >= 4 is 27.2 Å². The van der Waals surface area contributed by atoms with Gasteiger partial charge in [-0.05, 0) is 120 Å². The number of hydrogen-bond acceptors (Lipinski definition) is 7. The number of rotatable bonds is 26. The molecule has 9 nitrogen and oxygen atoms in total. The summed E-state index contributed by atoms with van der Waals surface area (Å²) in [6.45, 7) is 15.1. The predicted octanol–water partition coefficient (Wildman–Crippen LogP) is 10.8. The Hall–Kier alpha value is -1.96. The Morgan fingerprint density at radius 1 is 0.489 bits per heavy atom. The number of ketones is 2. The smallest absolute Gasteiger partial charge is 0.302 e. The summed E-state index contributed by atoms with van der Waals surface area (Å²) in [5, 5.41) is 0. The van der Waals surface area contributed by atoms with Crippen LogP contribution in [0.1, 0.15) is 132 Å². The van der Waals surface area contributed by atoms with E-state index in [4.69, 9.17) is 9.05 Å². The number of hydrogen-bond donors (Lipinski definition) is 2. The first-order chi connectivity index (χ1) is 21.9. The quantitative estimate of drug-likeness (QED) is 0.0668. The van der Waals surface area contributed by atoms with Crippen LogP contribution in [0.3, 0.4) is 0 Å². The van der Waals surface area contributed by atoms with Crippen LogP contribution in [0.5, 0.6) is 0 Å². The number of Topliss-reactive ketones (excluding diaryl/α,β-unsaturated/α-hetero) is 2. The second kappa shape index (κ2) is 25.1. The lowest BCUT2D eigenvalue weighted by Crippen LogP contribution is -2.12. The summed E-state index contributed by atoms with van der Waals surface area (Å²) in [6, 6.07) is 0. The molecule has 0 unspecified atom stereocenters. The number of carbonyl (C=O) groups is 2. The highest BCUT2D eigenvalue weighted by Crippen LogP contribution is 2.61. The molecule has 0 aliphatic heterocycles. The van der Waals surface area contributed by atoms with Crippen LogP contribution in [0.15, 0.2) is 69.9 Å². The van der Waals surface area contributed by atoms with Crippen LogP contribution >= 0.6 is 15.6 Å². The molecule has 0 aliphatic carbocycles. The minimum Gasteiger partial charge on any atom is -0.302 e. The fourth-order valence-corrected chi connectivity index (χ4v) is 6.40. The Balaban J connectivity index is 4.69. The maximum Gasteiger partial charge on any atom is 0.484 e. The van der Waals surface area contributed by atoms with Crippen molar-refractivity contribution < 1.29 is 41.9 Å². The van der Waals surface area contributed by atoms with Crippen LogP contribution in [0.4, 0.5) is 0 Å². The molecule has 0 heterocycles. The third-order valence-corrected chi connectivity index (χ3v) is 9.59. The van der Waals surface area contributed by atoms with E-state index in [2.05, 4.69) is 70.2 Å². The highest BCUT2D eigenvalue weighted by atomic mass is 31.3. The molecule has 47 heavy (non-hydrogen) atoms. The molecule has 0 atom stereocenters. The molecule has 0 aromatic rings. The molecular formula is C36H60O9P2. The lowest BCUT2D eigenvalue weighted by Gasteiger charge is -2.17. The summed E-state index contributed by atoms with van der Waals surface area (Å²) in [4.78, 5) is 43.1. The maximum absolute atomic E-state index is 12.8. The fourth-order valence-electron chi connectivity index (χ4n) is 4.30. The lowest BCUT2D eigenvalue weighted by atomic mass is 10.1. The molecule has 0 aromatic carbocycles. The summed E-state index contributed by atoms with van der Waals surface area (Å²) in [5.41, 5.74) is 7.58. The van der Waals surface area contributed by atoms with E-state index >= 15 is 0 Å². The van der Waals surface area contributed by atoms with E-state index in [-0.39, 0.29) is 12.8 Å². The van der Waals surface area contributed by atoms with Crippen molar-refractivity contribution in [3.05, 3.63) is 69.9 Å². The van der Waals surface area contributed by atoms with Crippen LogP contribution in [0, 0.1) is 0 Å². The SMILES string of the molecule is CC(C)=CCC/C(C)=C/CC/C(C)=C/CCC(=O)COP(=O)(OCC(=O)CC/C=C(\C)CC/C=C(\C)CCC=C(C)C)OP(=O)(O)O. The monoisotopic (exact) mass is 698 g/mol. The first-order valence-corrected chi connectivity index (χ1v) is 19.5. The molecule has 0 aliphatic rings. The standard InChI is InChI=1S/C36H60O9P2/c1-29(2)15-9-17-31(5)19-11-21-33(7)23-13-25-35(37)27-43-47(42,45-46(39,40)41)44-28-36(38)26-14-24-34(8)22-12-20-32(6)18-10-16-30(3)4/h15-16,19-20,23-24H,9-14,17-18,21-22,25-28H2,1-8H3,(H2,39,40,41)/b31-19+,32-20+,33-23+,34-24+. The average molecular weight is 699 g/mol. The van der Waals surface area contributed by atoms with E-state index in [1.807, 2.05) is 26.0 Å². The number of allylic oxidation sites excluding steroid dienone is 12. The zero-order valence-electron chi connectivity index (χ0n) is 30.0. The molecule has 0 saturated carbocycles. The first-order valence-electron chi connectivity index (χ1n) is 16.5. The minimum atomic E-state index is -5.30. The van der Waals surface area contributed by atoms with Gasteiger partial charge in [0.25, 0.3) is 0 Å². The molecule has 0 spiro atoms. The van der Waals surface area contributed by atoms with Gasteiger partial charge in [-0.3, -0.25) is 18.6 Å². The van der Waals surface area contributed by atoms with Crippen molar-refractivity contribution in [1.29, 1.82) is 0 Å². The Morgan fingerprint density at radius 3 is 1.04 bits per heavy atom. The van der Waals surface area contributed by atoms with Gasteiger partial charge in [0.1, 0.15) is 13.2 Å². The van der Waals surface area contributed by atoms with Gasteiger partial charge in [-0.1, -0.05) is 69.9 Å². The molecule has 0 rings (SSSR count). The third-order valence-electron chi connectivity index (χ3n) is 7.05. The van der Waals surface area contributed by atoms with E-state index in [1.165, 1.54) is 22.3 Å². The van der Waals surface area contributed by atoms with Gasteiger partial charge in [-0.15, -0.1) is 0 Å². The van der Waals surface area contributed by atoms with E-state index in [0.29, 0.717) is 12.8 Å². The van der Waals surface area contributed by atoms with Gasteiger partial charge in [-0.25, -0.2) is 9.13 Å². The van der Waals surface area contributed by atoms with Gasteiger partial charge >= 0.3 is 15.6 Å². The van der Waals surface area contributed by atoms with Crippen LogP contribution in [0.25, 0.3) is 0 Å². The highest BCUT2D eigenvalue weighted by Gasteiger charge is 2.37. The van der Waals surface area contributed by atoms with Gasteiger partial charge < -0.3 is 9.79 Å². The Kier molecular flexibility index (Phi) is 24.0. The van der Waals surface area contributed by atoms with Crippen molar-refractivity contribution in [2.45, 2.75) is 132 Å². The molecule has 0 radical (unpaired) electrons. The minimum absolute atomic E-state index is 0.0701. The number of phosphoric acid groups is 2. The van der Waals surface area contributed by atoms with Crippen molar-refractivity contribution in [2.24, 2.45) is 0 Å². The highest BCUT2D eigenvalue weighted by molar-refractivity contribution is 7.61.